The van der Waals surface area contributed by atoms with Crippen molar-refractivity contribution in [2.24, 2.45) is 0 Å². The van der Waals surface area contributed by atoms with Crippen molar-refractivity contribution in [3.05, 3.63) is 168 Å². The van der Waals surface area contributed by atoms with Gasteiger partial charge in [0.2, 0.25) is 5.91 Å². The van der Waals surface area contributed by atoms with Gasteiger partial charge in [-0.3, -0.25) is 14.4 Å². The van der Waals surface area contributed by atoms with Crippen molar-refractivity contribution in [1.29, 1.82) is 0 Å². The van der Waals surface area contributed by atoms with E-state index in [-0.39, 0.29) is 11.4 Å². The number of benzene rings is 5. The van der Waals surface area contributed by atoms with Crippen LogP contribution in [0.25, 0.3) is 17.0 Å². The molecule has 0 bridgehead atoms. The lowest BCUT2D eigenvalue weighted by Crippen LogP contribution is -2.30. The van der Waals surface area contributed by atoms with E-state index in [2.05, 4.69) is 20.9 Å². The van der Waals surface area contributed by atoms with Gasteiger partial charge in [0.05, 0.1) is 5.56 Å². The first-order chi connectivity index (χ1) is 24.1. The van der Waals surface area contributed by atoms with Crippen LogP contribution in [0.1, 0.15) is 32.3 Å². The maximum Gasteiger partial charge on any atom is 0.416 e. The number of hydrogen-bond acceptors (Lipinski definition) is 4. The molecular formula is C39H29F3N4O3S. The van der Waals surface area contributed by atoms with E-state index in [4.69, 9.17) is 0 Å². The highest BCUT2D eigenvalue weighted by molar-refractivity contribution is 8.00. The smallest absolute Gasteiger partial charge is 0.361 e. The number of nitrogens with one attached hydrogen (secondary N) is 4. The standard InChI is InChI=1S/C39H29F3N4O3S/c40-39(41,42)28-15-9-16-29(22-28)45-38(49)35(25-11-3-1-4-12-25)50-31-18-10-17-30(23-31)44-37(48)34(46-36(47)26-13-5-2-6-14-26)21-27-24-43-33-20-8-7-19-32(27)33/h1-24,35,43H,(H,44,48)(H,45,49)(H,46,47)/b34-21-. The molecule has 0 saturated heterocycles. The van der Waals surface area contributed by atoms with Gasteiger partial charge in [-0.2, -0.15) is 13.2 Å². The highest BCUT2D eigenvalue weighted by Gasteiger charge is 2.31. The van der Waals surface area contributed by atoms with Crippen LogP contribution in [0.2, 0.25) is 0 Å². The van der Waals surface area contributed by atoms with Gasteiger partial charge in [0.25, 0.3) is 11.8 Å². The van der Waals surface area contributed by atoms with Gasteiger partial charge in [-0.15, -0.1) is 11.8 Å². The van der Waals surface area contributed by atoms with Gasteiger partial charge in [0.1, 0.15) is 10.9 Å². The van der Waals surface area contributed by atoms with E-state index in [1.54, 1.807) is 97.2 Å². The van der Waals surface area contributed by atoms with Crippen molar-refractivity contribution in [2.75, 3.05) is 10.6 Å². The summed E-state index contributed by atoms with van der Waals surface area (Å²) in [6.07, 6.45) is -1.22. The number of amides is 3. The Morgan fingerprint density at radius 1 is 0.720 bits per heavy atom. The SMILES string of the molecule is O=C(Nc1cccc(SC(C(=O)Nc2cccc(C(F)(F)F)c2)c2ccccc2)c1)/C(=C/c1c[nH]c2ccccc12)NC(=O)c1ccccc1. The highest BCUT2D eigenvalue weighted by Crippen LogP contribution is 2.38. The average molecular weight is 691 g/mol. The molecule has 6 aromatic rings. The van der Waals surface area contributed by atoms with E-state index >= 15 is 0 Å². The Labute approximate surface area is 289 Å². The quantitative estimate of drug-likeness (QED) is 0.0851. The van der Waals surface area contributed by atoms with Gasteiger partial charge in [-0.05, 0) is 66.2 Å². The molecule has 7 nitrogen and oxygen atoms in total. The van der Waals surface area contributed by atoms with Crippen LogP contribution >= 0.6 is 11.8 Å². The second kappa shape index (κ2) is 15.0. The molecule has 1 unspecified atom stereocenters. The van der Waals surface area contributed by atoms with E-state index in [0.29, 0.717) is 27.3 Å². The number of thioether (sulfide) groups is 1. The summed E-state index contributed by atoms with van der Waals surface area (Å²) in [7, 11) is 0. The van der Waals surface area contributed by atoms with Gasteiger partial charge in [0.15, 0.2) is 0 Å². The minimum atomic E-state index is -4.56. The summed E-state index contributed by atoms with van der Waals surface area (Å²) in [6.45, 7) is 0. The summed E-state index contributed by atoms with van der Waals surface area (Å²) in [5, 5.41) is 8.23. The fourth-order valence-corrected chi connectivity index (χ4v) is 6.26. The lowest BCUT2D eigenvalue weighted by molar-refractivity contribution is -0.137. The molecule has 0 spiro atoms. The number of alkyl halides is 3. The second-order valence-electron chi connectivity index (χ2n) is 11.1. The molecule has 1 atom stereocenters. The molecule has 11 heteroatoms. The molecule has 3 amide bonds. The third-order valence-corrected chi connectivity index (χ3v) is 8.84. The van der Waals surface area contributed by atoms with Crippen LogP contribution < -0.4 is 16.0 Å². The molecule has 5 aromatic carbocycles. The molecule has 0 saturated carbocycles. The van der Waals surface area contributed by atoms with Crippen LogP contribution in [0.4, 0.5) is 24.5 Å². The molecule has 250 valence electrons. The highest BCUT2D eigenvalue weighted by atomic mass is 32.2. The number of carbonyl (C=O) groups excluding carboxylic acids is 3. The van der Waals surface area contributed by atoms with Crippen LogP contribution in [-0.4, -0.2) is 22.7 Å². The normalized spacial score (nSPS) is 12.3. The Morgan fingerprint density at radius 3 is 2.12 bits per heavy atom. The largest absolute Gasteiger partial charge is 0.416 e. The Hall–Kier alpha value is -6.07. The Balaban J connectivity index is 1.25. The number of para-hydroxylation sites is 1. The predicted octanol–water partition coefficient (Wildman–Crippen LogP) is 9.07. The summed E-state index contributed by atoms with van der Waals surface area (Å²) >= 11 is 1.17. The van der Waals surface area contributed by atoms with E-state index in [9.17, 15) is 27.6 Å². The van der Waals surface area contributed by atoms with Gasteiger partial charge in [-0.1, -0.05) is 78.9 Å². The molecule has 1 aromatic heterocycles. The number of halogens is 3. The molecule has 1 heterocycles. The fourth-order valence-electron chi connectivity index (χ4n) is 5.17. The first-order valence-electron chi connectivity index (χ1n) is 15.4. The number of aromatic nitrogens is 1. The molecule has 0 fully saturated rings. The summed E-state index contributed by atoms with van der Waals surface area (Å²) in [5.74, 6) is -1.57. The number of anilines is 2. The predicted molar refractivity (Wildman–Crippen MR) is 190 cm³/mol. The minimum Gasteiger partial charge on any atom is -0.361 e. The van der Waals surface area contributed by atoms with E-state index in [0.717, 1.165) is 23.0 Å². The van der Waals surface area contributed by atoms with Crippen molar-refractivity contribution in [3.8, 4) is 0 Å². The average Bonchev–Trinajstić information content (AvgIpc) is 3.53. The zero-order valence-electron chi connectivity index (χ0n) is 26.2. The molecular weight excluding hydrogens is 662 g/mol. The zero-order chi connectivity index (χ0) is 35.1. The number of H-pyrrole nitrogens is 1. The van der Waals surface area contributed by atoms with Crippen molar-refractivity contribution in [2.45, 2.75) is 16.3 Å². The van der Waals surface area contributed by atoms with E-state index in [1.165, 1.54) is 23.9 Å². The first-order valence-corrected chi connectivity index (χ1v) is 16.3. The molecule has 0 radical (unpaired) electrons. The van der Waals surface area contributed by atoms with Crippen LogP contribution in [0.3, 0.4) is 0 Å². The minimum absolute atomic E-state index is 0.00397. The van der Waals surface area contributed by atoms with Crippen LogP contribution in [0.15, 0.2) is 150 Å². The molecule has 50 heavy (non-hydrogen) atoms. The Kier molecular flexibility index (Phi) is 10.1. The maximum absolute atomic E-state index is 13.8. The third kappa shape index (κ3) is 8.31. The van der Waals surface area contributed by atoms with Gasteiger partial charge < -0.3 is 20.9 Å². The van der Waals surface area contributed by atoms with Crippen LogP contribution in [0.5, 0.6) is 0 Å². The molecule has 0 aliphatic carbocycles. The molecule has 0 aliphatic heterocycles. The third-order valence-electron chi connectivity index (χ3n) is 7.59. The van der Waals surface area contributed by atoms with Crippen molar-refractivity contribution < 1.29 is 27.6 Å². The lowest BCUT2D eigenvalue weighted by Gasteiger charge is -2.18. The Morgan fingerprint density at radius 2 is 1.38 bits per heavy atom. The maximum atomic E-state index is 13.8. The Bertz CT molecular complexity index is 2180. The van der Waals surface area contributed by atoms with Gasteiger partial charge >= 0.3 is 6.18 Å². The fraction of sp³-hybridized carbons (Fsp3) is 0.0513. The monoisotopic (exact) mass is 690 g/mol. The number of fused-ring (bicyclic) bond motifs is 1. The summed E-state index contributed by atoms with van der Waals surface area (Å²) in [6, 6.07) is 36.2. The van der Waals surface area contributed by atoms with Crippen LogP contribution in [0, 0.1) is 0 Å². The van der Waals surface area contributed by atoms with E-state index < -0.39 is 34.7 Å². The molecule has 6 rings (SSSR count). The van der Waals surface area contributed by atoms with E-state index in [1.807, 2.05) is 24.3 Å². The number of carbonyl (C=O) groups is 3. The van der Waals surface area contributed by atoms with Crippen molar-refractivity contribution >= 4 is 57.8 Å². The van der Waals surface area contributed by atoms with Gasteiger partial charge in [0, 0.05) is 44.5 Å². The van der Waals surface area contributed by atoms with Crippen molar-refractivity contribution in [1.82, 2.24) is 10.3 Å². The zero-order valence-corrected chi connectivity index (χ0v) is 27.0. The second-order valence-corrected chi connectivity index (χ2v) is 12.3. The number of aromatic amines is 1. The number of hydrogen-bond donors (Lipinski definition) is 4. The van der Waals surface area contributed by atoms with Crippen molar-refractivity contribution in [3.63, 3.8) is 0 Å². The number of rotatable bonds is 10. The molecule has 4 N–H and O–H groups in total. The first kappa shape index (κ1) is 33.8. The van der Waals surface area contributed by atoms with Crippen LogP contribution in [-0.2, 0) is 15.8 Å². The summed E-state index contributed by atoms with van der Waals surface area (Å²) in [4.78, 5) is 44.2. The molecule has 0 aliphatic rings. The summed E-state index contributed by atoms with van der Waals surface area (Å²) in [5.41, 5.74) is 2.10. The topological polar surface area (TPSA) is 103 Å². The summed E-state index contributed by atoms with van der Waals surface area (Å²) < 4.78 is 40.0. The van der Waals surface area contributed by atoms with Gasteiger partial charge in [-0.25, -0.2) is 0 Å². The lowest BCUT2D eigenvalue weighted by atomic mass is 10.1.